The van der Waals surface area contributed by atoms with E-state index in [1.54, 1.807) is 47.0 Å². The van der Waals surface area contributed by atoms with Crippen LogP contribution in [0.3, 0.4) is 0 Å². The molecule has 1 unspecified atom stereocenters. The zero-order valence-corrected chi connectivity index (χ0v) is 15.8. The van der Waals surface area contributed by atoms with Gasteiger partial charge in [0.15, 0.2) is 6.10 Å². The largest absolute Gasteiger partial charge is 0.449 e. The van der Waals surface area contributed by atoms with E-state index in [9.17, 15) is 9.59 Å². The smallest absolute Gasteiger partial charge is 0.338 e. The monoisotopic (exact) mass is 375 g/mol. The Hall–Kier alpha value is -3.41. The average Bonchev–Trinajstić information content (AvgIpc) is 3.33. The molecule has 28 heavy (non-hydrogen) atoms. The van der Waals surface area contributed by atoms with E-state index in [0.29, 0.717) is 12.1 Å². The van der Waals surface area contributed by atoms with Gasteiger partial charge in [-0.25, -0.2) is 9.48 Å². The average molecular weight is 375 g/mol. The summed E-state index contributed by atoms with van der Waals surface area (Å²) in [5.41, 5.74) is 4.29. The topological polar surface area (TPSA) is 64.4 Å². The lowest BCUT2D eigenvalue weighted by Crippen LogP contribution is -2.39. The fourth-order valence-electron chi connectivity index (χ4n) is 3.44. The molecule has 0 aliphatic carbocycles. The number of hydrogen-bond acceptors (Lipinski definition) is 4. The van der Waals surface area contributed by atoms with Gasteiger partial charge in [-0.3, -0.25) is 4.79 Å². The lowest BCUT2D eigenvalue weighted by molar-refractivity contribution is -0.126. The Morgan fingerprint density at radius 2 is 1.82 bits per heavy atom. The van der Waals surface area contributed by atoms with Gasteiger partial charge in [0, 0.05) is 24.1 Å². The predicted octanol–water partition coefficient (Wildman–Crippen LogP) is 3.32. The van der Waals surface area contributed by atoms with E-state index in [-0.39, 0.29) is 5.91 Å². The maximum atomic E-state index is 12.8. The van der Waals surface area contributed by atoms with Crippen molar-refractivity contribution in [1.82, 2.24) is 9.78 Å². The number of para-hydroxylation sites is 1. The molecular formula is C22H21N3O3. The highest BCUT2D eigenvalue weighted by molar-refractivity contribution is 6.00. The summed E-state index contributed by atoms with van der Waals surface area (Å²) in [6.45, 7) is 4.18. The van der Waals surface area contributed by atoms with Gasteiger partial charge in [-0.2, -0.15) is 5.10 Å². The number of hydrogen-bond donors (Lipinski definition) is 0. The molecule has 6 heteroatoms. The first-order chi connectivity index (χ1) is 13.5. The SMILES string of the molecule is Cc1ccnn1-c1ccc(C(=O)OC(C)C(=O)N2CCc3ccccc32)cc1. The van der Waals surface area contributed by atoms with Crippen molar-refractivity contribution in [3.63, 3.8) is 0 Å². The first-order valence-corrected chi connectivity index (χ1v) is 9.26. The molecule has 1 aliphatic heterocycles. The van der Waals surface area contributed by atoms with Crippen LogP contribution in [0, 0.1) is 6.92 Å². The number of carbonyl (C=O) groups is 2. The third kappa shape index (κ3) is 3.29. The van der Waals surface area contributed by atoms with E-state index < -0.39 is 12.1 Å². The quantitative estimate of drug-likeness (QED) is 0.656. The Bertz CT molecular complexity index is 1020. The summed E-state index contributed by atoms with van der Waals surface area (Å²) < 4.78 is 7.21. The molecule has 2 heterocycles. The molecule has 0 radical (unpaired) electrons. The molecule has 0 N–H and O–H groups in total. The van der Waals surface area contributed by atoms with Crippen LogP contribution in [0.15, 0.2) is 60.8 Å². The van der Waals surface area contributed by atoms with Crippen molar-refractivity contribution in [2.24, 2.45) is 0 Å². The minimum Gasteiger partial charge on any atom is -0.449 e. The maximum absolute atomic E-state index is 12.8. The van der Waals surface area contributed by atoms with Crippen molar-refractivity contribution >= 4 is 17.6 Å². The molecule has 1 aliphatic rings. The summed E-state index contributed by atoms with van der Waals surface area (Å²) in [5.74, 6) is -0.723. The molecular weight excluding hydrogens is 354 g/mol. The number of amides is 1. The Labute approximate surface area is 163 Å². The number of ether oxygens (including phenoxy) is 1. The highest BCUT2D eigenvalue weighted by atomic mass is 16.5. The summed E-state index contributed by atoms with van der Waals surface area (Å²) in [6, 6.07) is 16.7. The number of esters is 1. The number of aromatic nitrogens is 2. The van der Waals surface area contributed by atoms with E-state index in [1.165, 1.54) is 0 Å². The number of aryl methyl sites for hydroxylation is 1. The molecule has 0 saturated heterocycles. The fraction of sp³-hybridized carbons (Fsp3) is 0.227. The van der Waals surface area contributed by atoms with Gasteiger partial charge in [-0.15, -0.1) is 0 Å². The van der Waals surface area contributed by atoms with Crippen LogP contribution in [0.5, 0.6) is 0 Å². The number of carbonyl (C=O) groups excluding carboxylic acids is 2. The van der Waals surface area contributed by atoms with Crippen molar-refractivity contribution in [3.8, 4) is 5.69 Å². The van der Waals surface area contributed by atoms with Crippen molar-refractivity contribution in [2.45, 2.75) is 26.4 Å². The van der Waals surface area contributed by atoms with Gasteiger partial charge in [-0.05, 0) is 62.2 Å². The molecule has 0 saturated carbocycles. The number of benzene rings is 2. The minimum absolute atomic E-state index is 0.206. The van der Waals surface area contributed by atoms with Crippen molar-refractivity contribution < 1.29 is 14.3 Å². The minimum atomic E-state index is -0.855. The zero-order valence-electron chi connectivity index (χ0n) is 15.8. The molecule has 0 fully saturated rings. The van der Waals surface area contributed by atoms with Gasteiger partial charge in [0.25, 0.3) is 5.91 Å². The molecule has 6 nitrogen and oxygen atoms in total. The normalized spacial score (nSPS) is 13.9. The first kappa shape index (κ1) is 18.0. The molecule has 2 aromatic carbocycles. The fourth-order valence-corrected chi connectivity index (χ4v) is 3.44. The summed E-state index contributed by atoms with van der Waals surface area (Å²) in [4.78, 5) is 26.9. The number of nitrogens with zero attached hydrogens (tertiary/aromatic N) is 3. The molecule has 0 bridgehead atoms. The van der Waals surface area contributed by atoms with Gasteiger partial charge in [0.2, 0.25) is 0 Å². The van der Waals surface area contributed by atoms with Crippen LogP contribution in [0.25, 0.3) is 5.69 Å². The van der Waals surface area contributed by atoms with E-state index >= 15 is 0 Å². The Morgan fingerprint density at radius 1 is 1.07 bits per heavy atom. The van der Waals surface area contributed by atoms with Crippen LogP contribution in [-0.4, -0.2) is 34.3 Å². The summed E-state index contributed by atoms with van der Waals surface area (Å²) >= 11 is 0. The molecule has 1 atom stereocenters. The van der Waals surface area contributed by atoms with Gasteiger partial charge < -0.3 is 9.64 Å². The van der Waals surface area contributed by atoms with Gasteiger partial charge in [-0.1, -0.05) is 18.2 Å². The lowest BCUT2D eigenvalue weighted by atomic mass is 10.2. The van der Waals surface area contributed by atoms with Gasteiger partial charge >= 0.3 is 5.97 Å². The van der Waals surface area contributed by atoms with E-state index in [4.69, 9.17) is 4.74 Å². The van der Waals surface area contributed by atoms with Crippen LogP contribution in [0.2, 0.25) is 0 Å². The summed E-state index contributed by atoms with van der Waals surface area (Å²) in [5, 5.41) is 4.24. The zero-order chi connectivity index (χ0) is 19.7. The number of anilines is 1. The second-order valence-electron chi connectivity index (χ2n) is 6.85. The van der Waals surface area contributed by atoms with E-state index in [1.807, 2.05) is 37.3 Å². The third-order valence-electron chi connectivity index (χ3n) is 4.96. The van der Waals surface area contributed by atoms with Gasteiger partial charge in [0.1, 0.15) is 0 Å². The highest BCUT2D eigenvalue weighted by Gasteiger charge is 2.29. The molecule has 0 spiro atoms. The standard InChI is InChI=1S/C22H21N3O3/c1-15-11-13-23-25(15)19-9-7-18(8-10-19)22(27)28-16(2)21(26)24-14-12-17-5-3-4-6-20(17)24/h3-11,13,16H,12,14H2,1-2H3. The Balaban J connectivity index is 1.43. The molecule has 4 rings (SSSR count). The van der Waals surface area contributed by atoms with E-state index in [0.717, 1.165) is 29.1 Å². The summed E-state index contributed by atoms with van der Waals surface area (Å²) in [6.07, 6.45) is 1.68. The second kappa shape index (κ2) is 7.31. The van der Waals surface area contributed by atoms with Crippen molar-refractivity contribution in [1.29, 1.82) is 0 Å². The lowest BCUT2D eigenvalue weighted by Gasteiger charge is -2.21. The Kier molecular flexibility index (Phi) is 4.69. The van der Waals surface area contributed by atoms with Crippen LogP contribution >= 0.6 is 0 Å². The van der Waals surface area contributed by atoms with Crippen LogP contribution < -0.4 is 4.90 Å². The van der Waals surface area contributed by atoms with Crippen molar-refractivity contribution in [2.75, 3.05) is 11.4 Å². The second-order valence-corrected chi connectivity index (χ2v) is 6.85. The van der Waals surface area contributed by atoms with Crippen LogP contribution in [0.1, 0.15) is 28.5 Å². The predicted molar refractivity (Wildman–Crippen MR) is 106 cm³/mol. The third-order valence-corrected chi connectivity index (χ3v) is 4.96. The molecule has 1 aromatic heterocycles. The number of rotatable bonds is 4. The molecule has 1 amide bonds. The van der Waals surface area contributed by atoms with Gasteiger partial charge in [0.05, 0.1) is 11.3 Å². The first-order valence-electron chi connectivity index (χ1n) is 9.26. The highest BCUT2D eigenvalue weighted by Crippen LogP contribution is 2.28. The summed E-state index contributed by atoms with van der Waals surface area (Å²) in [7, 11) is 0. The van der Waals surface area contributed by atoms with Crippen molar-refractivity contribution in [3.05, 3.63) is 77.6 Å². The molecule has 3 aromatic rings. The van der Waals surface area contributed by atoms with E-state index in [2.05, 4.69) is 5.10 Å². The van der Waals surface area contributed by atoms with Crippen LogP contribution in [0.4, 0.5) is 5.69 Å². The Morgan fingerprint density at radius 3 is 2.54 bits per heavy atom. The molecule has 142 valence electrons. The van der Waals surface area contributed by atoms with Crippen LogP contribution in [-0.2, 0) is 16.0 Å². The number of fused-ring (bicyclic) bond motifs is 1. The maximum Gasteiger partial charge on any atom is 0.338 e.